The molecule has 0 radical (unpaired) electrons. The largest absolute Gasteiger partial charge is 0.497 e. The molecule has 0 spiro atoms. The van der Waals surface area contributed by atoms with Gasteiger partial charge in [-0.25, -0.2) is 8.42 Å². The van der Waals surface area contributed by atoms with E-state index in [-0.39, 0.29) is 33.5 Å². The minimum absolute atomic E-state index is 0.0479. The van der Waals surface area contributed by atoms with Gasteiger partial charge in [0.05, 0.1) is 29.6 Å². The molecule has 5 aromatic carbocycles. The lowest BCUT2D eigenvalue weighted by molar-refractivity contribution is -0.288. The fraction of sp³-hybridized carbons (Fsp3) is 0.135. The second-order valence-corrected chi connectivity index (χ2v) is 14.6. The third-order valence-corrected chi connectivity index (χ3v) is 10.7. The molecule has 17 heteroatoms. The van der Waals surface area contributed by atoms with E-state index in [1.807, 2.05) is 0 Å². The van der Waals surface area contributed by atoms with Crippen molar-refractivity contribution in [2.75, 3.05) is 14.2 Å². The van der Waals surface area contributed by atoms with Crippen molar-refractivity contribution in [3.63, 3.8) is 0 Å². The van der Waals surface area contributed by atoms with E-state index in [1.54, 1.807) is 0 Å². The monoisotopic (exact) mass is 792 g/mol. The summed E-state index contributed by atoms with van der Waals surface area (Å²) in [5.74, 6) is 2.14. The molecule has 0 bridgehead atoms. The van der Waals surface area contributed by atoms with Crippen LogP contribution in [0.15, 0.2) is 124 Å². The van der Waals surface area contributed by atoms with Gasteiger partial charge in [0.15, 0.2) is 0 Å². The fourth-order valence-corrected chi connectivity index (χ4v) is 7.49. The Morgan fingerprint density at radius 2 is 1.04 bits per heavy atom. The minimum atomic E-state index is -5.82. The lowest BCUT2D eigenvalue weighted by Gasteiger charge is -2.38. The van der Waals surface area contributed by atoms with Gasteiger partial charge in [0.25, 0.3) is 10.1 Å². The number of methoxy groups -OCH3 is 2. The maximum atomic E-state index is 14.5. The van der Waals surface area contributed by atoms with E-state index in [4.69, 9.17) is 25.4 Å². The van der Waals surface area contributed by atoms with Crippen LogP contribution >= 0.6 is 0 Å². The Bertz CT molecular complexity index is 2410. The SMILES string of the molecule is C#Cc1cc(Oc2ccc(S(=O)(=O)c3ccc(Oc4ccc(C(c5ccc(OC)cc5)(C(F)(F)F)C(F)(F)F)cc4)cc3)cc2S(=O)(=O)O)ccc1OC. The number of terminal acetylenes is 1. The molecular formula is C37H26F6O9S2. The Morgan fingerprint density at radius 1 is 0.574 bits per heavy atom. The first-order valence-electron chi connectivity index (χ1n) is 15.1. The van der Waals surface area contributed by atoms with Crippen molar-refractivity contribution in [3.05, 3.63) is 126 Å². The highest BCUT2D eigenvalue weighted by Crippen LogP contribution is 2.56. The van der Waals surface area contributed by atoms with Gasteiger partial charge >= 0.3 is 12.4 Å². The molecule has 0 amide bonds. The van der Waals surface area contributed by atoms with Gasteiger partial charge in [0.1, 0.15) is 39.4 Å². The van der Waals surface area contributed by atoms with Gasteiger partial charge in [0, 0.05) is 6.07 Å². The van der Waals surface area contributed by atoms with Crippen LogP contribution in [0.4, 0.5) is 26.3 Å². The highest BCUT2D eigenvalue weighted by molar-refractivity contribution is 7.91. The summed E-state index contributed by atoms with van der Waals surface area (Å²) in [6.07, 6.45) is -6.17. The van der Waals surface area contributed by atoms with E-state index in [2.05, 4.69) is 5.92 Å². The summed E-state index contributed by atoms with van der Waals surface area (Å²) >= 11 is 0. The Hall–Kier alpha value is -5.70. The van der Waals surface area contributed by atoms with Crippen molar-refractivity contribution in [1.29, 1.82) is 0 Å². The number of benzene rings is 5. The first kappa shape index (κ1) is 39.5. The van der Waals surface area contributed by atoms with E-state index in [0.29, 0.717) is 36.1 Å². The molecule has 0 heterocycles. The number of ether oxygens (including phenoxy) is 4. The Morgan fingerprint density at radius 3 is 1.50 bits per heavy atom. The van der Waals surface area contributed by atoms with Crippen molar-refractivity contribution in [1.82, 2.24) is 0 Å². The van der Waals surface area contributed by atoms with Crippen molar-refractivity contribution in [3.8, 4) is 46.8 Å². The van der Waals surface area contributed by atoms with Gasteiger partial charge in [-0.3, -0.25) is 4.55 Å². The molecule has 5 aromatic rings. The van der Waals surface area contributed by atoms with E-state index in [1.165, 1.54) is 32.4 Å². The summed E-state index contributed by atoms with van der Waals surface area (Å²) in [5, 5.41) is 0. The third kappa shape index (κ3) is 7.53. The zero-order chi connectivity index (χ0) is 39.7. The first-order valence-corrected chi connectivity index (χ1v) is 18.0. The highest BCUT2D eigenvalue weighted by Gasteiger charge is 2.72. The standard InChI is InChI=1S/C37H26F6O9S2/c1-4-23-21-29(15-19-32(23)50-3)52-33-20-18-31(22-34(33)54(46,47)48)53(44,45)30-16-13-28(14-17-30)51-27-11-7-25(8-12-27)35(36(38,39)40,37(41,42)43)24-5-9-26(49-2)10-6-24/h1,5-22H,2-3H3,(H,46,47,48). The Labute approximate surface area is 305 Å². The maximum Gasteiger partial charge on any atom is 0.411 e. The number of hydrogen-bond donors (Lipinski definition) is 1. The fourth-order valence-electron chi connectivity index (χ4n) is 5.49. The second-order valence-electron chi connectivity index (χ2n) is 11.3. The van der Waals surface area contributed by atoms with Gasteiger partial charge in [0.2, 0.25) is 15.3 Å². The predicted octanol–water partition coefficient (Wildman–Crippen LogP) is 8.76. The molecule has 0 saturated carbocycles. The third-order valence-electron chi connectivity index (χ3n) is 8.09. The number of hydrogen-bond acceptors (Lipinski definition) is 8. The van der Waals surface area contributed by atoms with Gasteiger partial charge in [-0.15, -0.1) is 6.42 Å². The summed E-state index contributed by atoms with van der Waals surface area (Å²) in [7, 11) is -6.90. The zero-order valence-corrected chi connectivity index (χ0v) is 29.4. The van der Waals surface area contributed by atoms with Crippen LogP contribution in [0.1, 0.15) is 16.7 Å². The molecule has 0 aromatic heterocycles. The number of rotatable bonds is 11. The van der Waals surface area contributed by atoms with Gasteiger partial charge < -0.3 is 18.9 Å². The van der Waals surface area contributed by atoms with E-state index in [9.17, 15) is 47.7 Å². The molecule has 0 fully saturated rings. The molecule has 9 nitrogen and oxygen atoms in total. The van der Waals surface area contributed by atoms with Gasteiger partial charge in [-0.1, -0.05) is 30.2 Å². The average Bonchev–Trinajstić information content (AvgIpc) is 3.11. The van der Waals surface area contributed by atoms with Crippen LogP contribution in [-0.4, -0.2) is 48.0 Å². The quantitative estimate of drug-likeness (QED) is 0.0794. The summed E-state index contributed by atoms with van der Waals surface area (Å²) in [5.41, 5.74) is -6.36. The van der Waals surface area contributed by atoms with Crippen LogP contribution < -0.4 is 18.9 Å². The molecule has 0 saturated heterocycles. The van der Waals surface area contributed by atoms with Gasteiger partial charge in [-0.05, 0) is 90.0 Å². The lowest BCUT2D eigenvalue weighted by Crippen LogP contribution is -2.54. The molecular weight excluding hydrogens is 767 g/mol. The molecule has 0 unspecified atom stereocenters. The molecule has 282 valence electrons. The second kappa shape index (κ2) is 14.6. The van der Waals surface area contributed by atoms with Crippen LogP contribution in [0.25, 0.3) is 0 Å². The minimum Gasteiger partial charge on any atom is -0.497 e. The van der Waals surface area contributed by atoms with Gasteiger partial charge in [-0.2, -0.15) is 34.8 Å². The van der Waals surface area contributed by atoms with Crippen molar-refractivity contribution in [2.45, 2.75) is 32.5 Å². The Kier molecular flexibility index (Phi) is 10.7. The molecule has 0 atom stereocenters. The molecule has 5 rings (SSSR count). The molecule has 0 aliphatic rings. The maximum absolute atomic E-state index is 14.5. The van der Waals surface area contributed by atoms with E-state index < -0.39 is 64.4 Å². The van der Waals surface area contributed by atoms with Crippen LogP contribution in [-0.2, 0) is 25.4 Å². The lowest BCUT2D eigenvalue weighted by atomic mass is 9.73. The summed E-state index contributed by atoms with van der Waals surface area (Å²) in [6.45, 7) is 0. The topological polar surface area (TPSA) is 125 Å². The normalized spacial score (nSPS) is 12.4. The van der Waals surface area contributed by atoms with Crippen molar-refractivity contribution in [2.24, 2.45) is 0 Å². The highest BCUT2D eigenvalue weighted by atomic mass is 32.2. The molecule has 0 aliphatic heterocycles. The predicted molar refractivity (Wildman–Crippen MR) is 182 cm³/mol. The molecule has 54 heavy (non-hydrogen) atoms. The van der Waals surface area contributed by atoms with Crippen molar-refractivity contribution >= 4 is 20.0 Å². The smallest absolute Gasteiger partial charge is 0.411 e. The van der Waals surface area contributed by atoms with Crippen LogP contribution in [0.3, 0.4) is 0 Å². The number of halogens is 6. The summed E-state index contributed by atoms with van der Waals surface area (Å²) < 4.78 is 169. The van der Waals surface area contributed by atoms with Crippen molar-refractivity contribution < 1.29 is 66.7 Å². The van der Waals surface area contributed by atoms with E-state index in [0.717, 1.165) is 60.7 Å². The van der Waals surface area contributed by atoms with Crippen LogP contribution in [0.5, 0.6) is 34.5 Å². The molecule has 1 N–H and O–H groups in total. The summed E-state index contributed by atoms with van der Waals surface area (Å²) in [4.78, 5) is -1.80. The number of alkyl halides is 6. The number of sulfone groups is 1. The summed E-state index contributed by atoms with van der Waals surface area (Å²) in [6, 6.07) is 17.8. The Balaban J connectivity index is 1.41. The van der Waals surface area contributed by atoms with E-state index >= 15 is 0 Å². The first-order chi connectivity index (χ1) is 25.3. The molecule has 0 aliphatic carbocycles. The van der Waals surface area contributed by atoms with Crippen LogP contribution in [0, 0.1) is 12.3 Å². The van der Waals surface area contributed by atoms with Crippen LogP contribution in [0.2, 0.25) is 0 Å². The zero-order valence-electron chi connectivity index (χ0n) is 27.8. The average molecular weight is 793 g/mol.